The second-order valence-electron chi connectivity index (χ2n) is 8.99. The van der Waals surface area contributed by atoms with Crippen LogP contribution >= 0.6 is 0 Å². The second kappa shape index (κ2) is 9.56. The van der Waals surface area contributed by atoms with Crippen molar-refractivity contribution in [2.75, 3.05) is 25.6 Å². The molecule has 1 aromatic carbocycles. The SMILES string of the molecule is C=C1C(=O)C(N)=C1N1CCc2cc(OC)c(C(=O)Nc3cccc(C4=NNNN4C(C)CO)n3)cc2C1. The zero-order valence-corrected chi connectivity index (χ0v) is 20.5. The number of ether oxygens (including phenoxy) is 1. The van der Waals surface area contributed by atoms with E-state index in [0.717, 1.165) is 11.1 Å². The normalized spacial score (nSPS) is 17.6. The summed E-state index contributed by atoms with van der Waals surface area (Å²) < 4.78 is 5.53. The monoisotopic (exact) mass is 504 g/mol. The summed E-state index contributed by atoms with van der Waals surface area (Å²) in [4.78, 5) is 31.7. The number of aliphatic hydroxyl groups excluding tert-OH is 1. The molecule has 0 bridgehead atoms. The Balaban J connectivity index is 1.38. The fourth-order valence-corrected chi connectivity index (χ4v) is 4.60. The Bertz CT molecular complexity index is 1370. The third-order valence-electron chi connectivity index (χ3n) is 6.64. The lowest BCUT2D eigenvalue weighted by molar-refractivity contribution is -0.113. The van der Waals surface area contributed by atoms with E-state index >= 15 is 0 Å². The minimum absolute atomic E-state index is 0.0893. The van der Waals surface area contributed by atoms with Crippen LogP contribution < -0.4 is 26.9 Å². The highest BCUT2D eigenvalue weighted by Gasteiger charge is 2.35. The smallest absolute Gasteiger partial charge is 0.260 e. The molecule has 0 spiro atoms. The van der Waals surface area contributed by atoms with Gasteiger partial charge in [-0.3, -0.25) is 14.6 Å². The van der Waals surface area contributed by atoms with Crippen LogP contribution in [0.3, 0.4) is 0 Å². The first kappa shape index (κ1) is 24.3. The largest absolute Gasteiger partial charge is 0.496 e. The van der Waals surface area contributed by atoms with Crippen LogP contribution in [0.1, 0.15) is 34.1 Å². The summed E-state index contributed by atoms with van der Waals surface area (Å²) in [6.45, 7) is 6.74. The highest BCUT2D eigenvalue weighted by molar-refractivity contribution is 6.18. The molecular weight excluding hydrogens is 476 g/mol. The van der Waals surface area contributed by atoms with Gasteiger partial charge in [0, 0.05) is 18.7 Å². The lowest BCUT2D eigenvalue weighted by Crippen LogP contribution is -2.48. The number of amides is 1. The van der Waals surface area contributed by atoms with Crippen LogP contribution in [-0.2, 0) is 17.8 Å². The number of carbonyl (C=O) groups is 2. The molecule has 0 fully saturated rings. The molecule has 1 atom stereocenters. The first-order chi connectivity index (χ1) is 17.8. The minimum Gasteiger partial charge on any atom is -0.496 e. The number of carbonyl (C=O) groups excluding carboxylic acids is 2. The maximum atomic E-state index is 13.3. The summed E-state index contributed by atoms with van der Waals surface area (Å²) in [7, 11) is 1.52. The molecule has 0 saturated heterocycles. The number of amidine groups is 1. The summed E-state index contributed by atoms with van der Waals surface area (Å²) in [5, 5.41) is 18.2. The van der Waals surface area contributed by atoms with Crippen molar-refractivity contribution in [1.29, 1.82) is 0 Å². The first-order valence-corrected chi connectivity index (χ1v) is 11.8. The van der Waals surface area contributed by atoms with E-state index in [2.05, 4.69) is 33.1 Å². The molecule has 1 unspecified atom stereocenters. The standard InChI is InChI=1S/C25H28N8O4/c1-13(12-34)33-24(29-30-31-33)18-5-4-6-20(27-18)28-25(36)17-9-16-11-32(22-14(2)23(35)21(22)26)8-7-15(16)10-19(17)37-3/h4-6,9-10,13,30-31,34H,2,7-8,11-12,26H2,1,3H3,(H,27,28,36). The number of hydrogen-bond donors (Lipinski definition) is 5. The van der Waals surface area contributed by atoms with Crippen molar-refractivity contribution in [2.45, 2.75) is 25.9 Å². The summed E-state index contributed by atoms with van der Waals surface area (Å²) in [6, 6.07) is 8.62. The number of benzene rings is 1. The average molecular weight is 505 g/mol. The van der Waals surface area contributed by atoms with E-state index in [1.807, 2.05) is 17.9 Å². The number of nitrogens with zero attached hydrogens (tertiary/aromatic N) is 4. The zero-order chi connectivity index (χ0) is 26.3. The van der Waals surface area contributed by atoms with Crippen LogP contribution in [0.4, 0.5) is 5.82 Å². The van der Waals surface area contributed by atoms with Gasteiger partial charge < -0.3 is 25.8 Å². The van der Waals surface area contributed by atoms with Crippen LogP contribution in [0, 0.1) is 0 Å². The molecule has 2 aromatic rings. The van der Waals surface area contributed by atoms with Gasteiger partial charge in [0.2, 0.25) is 5.78 Å². The number of nitrogens with two attached hydrogens (primary N) is 1. The Morgan fingerprint density at radius 3 is 2.89 bits per heavy atom. The highest BCUT2D eigenvalue weighted by Crippen LogP contribution is 2.35. The van der Waals surface area contributed by atoms with Gasteiger partial charge in [0.05, 0.1) is 31.0 Å². The summed E-state index contributed by atoms with van der Waals surface area (Å²) in [5.74, 6) is 0.674. The maximum absolute atomic E-state index is 13.3. The molecule has 3 heterocycles. The van der Waals surface area contributed by atoms with E-state index in [9.17, 15) is 14.7 Å². The minimum atomic E-state index is -0.381. The molecule has 1 amide bonds. The Morgan fingerprint density at radius 2 is 2.16 bits per heavy atom. The van der Waals surface area contributed by atoms with Crippen molar-refractivity contribution in [2.24, 2.45) is 10.8 Å². The van der Waals surface area contributed by atoms with Gasteiger partial charge in [-0.25, -0.2) is 10.5 Å². The van der Waals surface area contributed by atoms with Crippen LogP contribution in [0.15, 0.2) is 59.0 Å². The van der Waals surface area contributed by atoms with Gasteiger partial charge in [-0.2, -0.15) is 0 Å². The van der Waals surface area contributed by atoms with Gasteiger partial charge in [0.15, 0.2) is 5.84 Å². The van der Waals surface area contributed by atoms with E-state index in [1.54, 1.807) is 29.3 Å². The number of hydrazine groups is 2. The number of Topliss-reactive ketones (excluding diaryl/α,β-unsaturated/α-hetero) is 1. The van der Waals surface area contributed by atoms with Crippen molar-refractivity contribution >= 4 is 23.3 Å². The molecular formula is C25H28N8O4. The summed E-state index contributed by atoms with van der Waals surface area (Å²) in [5.41, 5.74) is 15.6. The topological polar surface area (TPSA) is 157 Å². The summed E-state index contributed by atoms with van der Waals surface area (Å²) in [6.07, 6.45) is 0.711. The molecule has 37 heavy (non-hydrogen) atoms. The van der Waals surface area contributed by atoms with Gasteiger partial charge in [-0.05, 0) is 48.7 Å². The van der Waals surface area contributed by atoms with Crippen molar-refractivity contribution in [3.63, 3.8) is 0 Å². The zero-order valence-electron chi connectivity index (χ0n) is 20.5. The number of pyridine rings is 1. The first-order valence-electron chi connectivity index (χ1n) is 11.8. The number of nitrogens with one attached hydrogen (secondary N) is 3. The van der Waals surface area contributed by atoms with Gasteiger partial charge in [-0.15, -0.1) is 10.6 Å². The molecule has 192 valence electrons. The quantitative estimate of drug-likeness (QED) is 0.334. The number of methoxy groups -OCH3 is 1. The molecule has 6 N–H and O–H groups in total. The van der Waals surface area contributed by atoms with E-state index in [4.69, 9.17) is 10.5 Å². The molecule has 2 aliphatic heterocycles. The Labute approximate surface area is 213 Å². The molecule has 5 rings (SSSR count). The number of rotatable bonds is 7. The molecule has 1 aromatic heterocycles. The van der Waals surface area contributed by atoms with Crippen molar-refractivity contribution in [3.05, 3.63) is 76.3 Å². The molecule has 1 aliphatic carbocycles. The van der Waals surface area contributed by atoms with Crippen molar-refractivity contribution in [3.8, 4) is 5.75 Å². The van der Waals surface area contributed by atoms with Crippen LogP contribution in [-0.4, -0.2) is 63.8 Å². The molecule has 3 aliphatic rings. The van der Waals surface area contributed by atoms with E-state index in [0.29, 0.717) is 59.4 Å². The number of anilines is 1. The fourth-order valence-electron chi connectivity index (χ4n) is 4.60. The molecule has 12 heteroatoms. The van der Waals surface area contributed by atoms with E-state index in [-0.39, 0.29) is 30.0 Å². The van der Waals surface area contributed by atoms with Crippen molar-refractivity contribution < 1.29 is 19.4 Å². The van der Waals surface area contributed by atoms with Crippen molar-refractivity contribution in [1.82, 2.24) is 26.0 Å². The number of hydrogen-bond acceptors (Lipinski definition) is 11. The van der Waals surface area contributed by atoms with Crippen LogP contribution in [0.25, 0.3) is 0 Å². The number of aromatic nitrogens is 1. The predicted molar refractivity (Wildman–Crippen MR) is 136 cm³/mol. The van der Waals surface area contributed by atoms with Crippen LogP contribution in [0.5, 0.6) is 5.75 Å². The number of fused-ring (bicyclic) bond motifs is 1. The second-order valence-corrected chi connectivity index (χ2v) is 8.99. The van der Waals surface area contributed by atoms with Crippen LogP contribution in [0.2, 0.25) is 0 Å². The summed E-state index contributed by atoms with van der Waals surface area (Å²) >= 11 is 0. The predicted octanol–water partition coefficient (Wildman–Crippen LogP) is 0.377. The molecule has 0 radical (unpaired) electrons. The lowest BCUT2D eigenvalue weighted by atomic mass is 9.89. The third kappa shape index (κ3) is 4.26. The number of aliphatic hydroxyl groups is 1. The number of hydrazone groups is 1. The molecule has 12 nitrogen and oxygen atoms in total. The van der Waals surface area contributed by atoms with Gasteiger partial charge in [-0.1, -0.05) is 12.6 Å². The van der Waals surface area contributed by atoms with E-state index in [1.165, 1.54) is 7.11 Å². The average Bonchev–Trinajstić information content (AvgIpc) is 3.42. The van der Waals surface area contributed by atoms with Gasteiger partial charge in [0.1, 0.15) is 23.0 Å². The number of allylic oxidation sites excluding steroid dienone is 2. The third-order valence-corrected chi connectivity index (χ3v) is 6.64. The Kier molecular flexibility index (Phi) is 6.27. The Hall–Kier alpha value is -4.42. The molecule has 0 saturated carbocycles. The lowest BCUT2D eigenvalue weighted by Gasteiger charge is -2.37. The Morgan fingerprint density at radius 1 is 1.35 bits per heavy atom. The van der Waals surface area contributed by atoms with E-state index < -0.39 is 0 Å². The van der Waals surface area contributed by atoms with Gasteiger partial charge >= 0.3 is 0 Å². The van der Waals surface area contributed by atoms with Gasteiger partial charge in [0.25, 0.3) is 5.91 Å². The number of ketones is 1. The fraction of sp³-hybridized carbons (Fsp3) is 0.280. The highest BCUT2D eigenvalue weighted by atomic mass is 16.5. The maximum Gasteiger partial charge on any atom is 0.260 e.